The second-order valence-corrected chi connectivity index (χ2v) is 6.62. The fourth-order valence-electron chi connectivity index (χ4n) is 3.08. The molecule has 4 nitrogen and oxygen atoms in total. The summed E-state index contributed by atoms with van der Waals surface area (Å²) in [6, 6.07) is 4.17. The first-order chi connectivity index (χ1) is 10.1. The van der Waals surface area contributed by atoms with E-state index in [2.05, 4.69) is 11.8 Å². The summed E-state index contributed by atoms with van der Waals surface area (Å²) < 4.78 is 10.7. The van der Waals surface area contributed by atoms with E-state index in [1.165, 1.54) is 12.8 Å². The maximum Gasteiger partial charge on any atom is 0.254 e. The number of ether oxygens (including phenoxy) is 2. The van der Waals surface area contributed by atoms with Gasteiger partial charge in [-0.25, -0.2) is 0 Å². The third kappa shape index (κ3) is 2.35. The second-order valence-electron chi connectivity index (χ2n) is 6.21. The molecule has 4 rings (SSSR count). The molecule has 5 heteroatoms. The van der Waals surface area contributed by atoms with Gasteiger partial charge in [-0.3, -0.25) is 4.79 Å². The summed E-state index contributed by atoms with van der Waals surface area (Å²) in [6.07, 6.45) is 4.70. The summed E-state index contributed by atoms with van der Waals surface area (Å²) in [7, 11) is 0. The molecule has 21 heavy (non-hydrogen) atoms. The highest BCUT2D eigenvalue weighted by Gasteiger charge is 2.42. The first kappa shape index (κ1) is 13.3. The Morgan fingerprint density at radius 3 is 2.71 bits per heavy atom. The highest BCUT2D eigenvalue weighted by atomic mass is 35.5. The van der Waals surface area contributed by atoms with Gasteiger partial charge in [0, 0.05) is 17.6 Å². The summed E-state index contributed by atoms with van der Waals surface area (Å²) in [4.78, 5) is 15.0. The van der Waals surface area contributed by atoms with Crippen LogP contribution in [0.3, 0.4) is 0 Å². The molecule has 1 unspecified atom stereocenters. The number of rotatable bonds is 4. The van der Waals surface area contributed by atoms with Crippen LogP contribution in [-0.4, -0.2) is 29.7 Å². The lowest BCUT2D eigenvalue weighted by Gasteiger charge is -2.29. The lowest BCUT2D eigenvalue weighted by atomic mass is 10.1. The number of benzene rings is 1. The predicted octanol–water partition coefficient (Wildman–Crippen LogP) is 3.47. The van der Waals surface area contributed by atoms with Crippen LogP contribution >= 0.6 is 11.6 Å². The van der Waals surface area contributed by atoms with Crippen molar-refractivity contribution < 1.29 is 14.3 Å². The topological polar surface area (TPSA) is 38.8 Å². The SMILES string of the molecule is CC(C1CC1)N(C(=O)c1cc(Cl)c2c(c1)OCO2)C1CC1. The molecule has 1 heterocycles. The van der Waals surface area contributed by atoms with Gasteiger partial charge in [0.1, 0.15) is 0 Å². The van der Waals surface area contributed by atoms with E-state index in [9.17, 15) is 4.79 Å². The van der Waals surface area contributed by atoms with Gasteiger partial charge in [-0.15, -0.1) is 0 Å². The van der Waals surface area contributed by atoms with Crippen molar-refractivity contribution in [2.75, 3.05) is 6.79 Å². The minimum atomic E-state index is 0.0668. The van der Waals surface area contributed by atoms with Gasteiger partial charge >= 0.3 is 0 Å². The zero-order valence-corrected chi connectivity index (χ0v) is 12.7. The normalized spacial score (nSPS) is 21.2. The largest absolute Gasteiger partial charge is 0.454 e. The first-order valence-electron chi connectivity index (χ1n) is 7.57. The van der Waals surface area contributed by atoms with Crippen LogP contribution in [0.25, 0.3) is 0 Å². The van der Waals surface area contributed by atoms with Crippen LogP contribution in [-0.2, 0) is 0 Å². The number of nitrogens with zero attached hydrogens (tertiary/aromatic N) is 1. The number of hydrogen-bond acceptors (Lipinski definition) is 3. The zero-order valence-electron chi connectivity index (χ0n) is 12.0. The summed E-state index contributed by atoms with van der Waals surface area (Å²) >= 11 is 6.20. The average molecular weight is 308 g/mol. The maximum absolute atomic E-state index is 12.9. The van der Waals surface area contributed by atoms with E-state index in [1.54, 1.807) is 12.1 Å². The van der Waals surface area contributed by atoms with Gasteiger partial charge in [-0.1, -0.05) is 11.6 Å². The Bertz CT molecular complexity index is 595. The van der Waals surface area contributed by atoms with Crippen molar-refractivity contribution in [3.05, 3.63) is 22.7 Å². The predicted molar refractivity (Wildman–Crippen MR) is 79.0 cm³/mol. The van der Waals surface area contributed by atoms with Crippen molar-refractivity contribution in [2.45, 2.75) is 44.7 Å². The Hall–Kier alpha value is -1.42. The van der Waals surface area contributed by atoms with Gasteiger partial charge < -0.3 is 14.4 Å². The van der Waals surface area contributed by atoms with E-state index in [0.29, 0.717) is 40.1 Å². The Kier molecular flexibility index (Phi) is 3.03. The monoisotopic (exact) mass is 307 g/mol. The van der Waals surface area contributed by atoms with Gasteiger partial charge in [0.25, 0.3) is 5.91 Å². The van der Waals surface area contributed by atoms with E-state index in [0.717, 1.165) is 12.8 Å². The molecule has 1 amide bonds. The first-order valence-corrected chi connectivity index (χ1v) is 7.95. The van der Waals surface area contributed by atoms with Crippen LogP contribution in [0.5, 0.6) is 11.5 Å². The van der Waals surface area contributed by atoms with E-state index < -0.39 is 0 Å². The summed E-state index contributed by atoms with van der Waals surface area (Å²) in [5.74, 6) is 1.85. The number of hydrogen-bond donors (Lipinski definition) is 0. The van der Waals surface area contributed by atoms with Gasteiger partial charge in [0.05, 0.1) is 5.02 Å². The van der Waals surface area contributed by atoms with E-state index in [-0.39, 0.29) is 12.7 Å². The zero-order chi connectivity index (χ0) is 14.6. The van der Waals surface area contributed by atoms with Crippen LogP contribution in [0.4, 0.5) is 0 Å². The molecule has 2 aliphatic carbocycles. The summed E-state index contributed by atoms with van der Waals surface area (Å²) in [6.45, 7) is 2.33. The highest BCUT2D eigenvalue weighted by Crippen LogP contribution is 2.43. The molecule has 0 bridgehead atoms. The number of halogens is 1. The lowest BCUT2D eigenvalue weighted by molar-refractivity contribution is 0.0653. The smallest absolute Gasteiger partial charge is 0.254 e. The number of amides is 1. The van der Waals surface area contributed by atoms with Crippen molar-refractivity contribution in [1.29, 1.82) is 0 Å². The molecule has 112 valence electrons. The Morgan fingerprint density at radius 2 is 2.05 bits per heavy atom. The number of carbonyl (C=O) groups excluding carboxylic acids is 1. The second kappa shape index (κ2) is 4.80. The molecule has 2 saturated carbocycles. The molecule has 0 saturated heterocycles. The van der Waals surface area contributed by atoms with Crippen molar-refractivity contribution in [1.82, 2.24) is 4.90 Å². The number of carbonyl (C=O) groups is 1. The van der Waals surface area contributed by atoms with Crippen molar-refractivity contribution >= 4 is 17.5 Å². The van der Waals surface area contributed by atoms with Crippen LogP contribution in [0.15, 0.2) is 12.1 Å². The Morgan fingerprint density at radius 1 is 1.29 bits per heavy atom. The van der Waals surface area contributed by atoms with E-state index in [4.69, 9.17) is 21.1 Å². The Labute approximate surface area is 129 Å². The minimum Gasteiger partial charge on any atom is -0.454 e. The molecule has 2 fully saturated rings. The summed E-state index contributed by atoms with van der Waals surface area (Å²) in [5.41, 5.74) is 0.601. The van der Waals surface area contributed by atoms with Gasteiger partial charge in [0.2, 0.25) is 6.79 Å². The van der Waals surface area contributed by atoms with Crippen LogP contribution in [0.2, 0.25) is 5.02 Å². The minimum absolute atomic E-state index is 0.0668. The average Bonchev–Trinajstić information content (AvgIpc) is 3.37. The third-order valence-electron chi connectivity index (χ3n) is 4.59. The molecule has 1 atom stereocenters. The van der Waals surface area contributed by atoms with Crippen LogP contribution < -0.4 is 9.47 Å². The molecule has 0 spiro atoms. The van der Waals surface area contributed by atoms with Crippen molar-refractivity contribution in [3.63, 3.8) is 0 Å². The quantitative estimate of drug-likeness (QED) is 0.855. The van der Waals surface area contributed by atoms with Crippen molar-refractivity contribution in [3.8, 4) is 11.5 Å². The molecule has 0 N–H and O–H groups in total. The van der Waals surface area contributed by atoms with Gasteiger partial charge in [0.15, 0.2) is 11.5 Å². The Balaban J connectivity index is 1.65. The fraction of sp³-hybridized carbons (Fsp3) is 0.562. The standard InChI is InChI=1S/C16H18ClNO3/c1-9(10-2-3-10)18(12-4-5-12)16(19)11-6-13(17)15-14(7-11)20-8-21-15/h6-7,9-10,12H,2-5,8H2,1H3. The maximum atomic E-state index is 12.9. The fourth-order valence-corrected chi connectivity index (χ4v) is 3.35. The highest BCUT2D eigenvalue weighted by molar-refractivity contribution is 6.32. The third-order valence-corrected chi connectivity index (χ3v) is 4.87. The van der Waals surface area contributed by atoms with Crippen molar-refractivity contribution in [2.24, 2.45) is 5.92 Å². The molecule has 3 aliphatic rings. The molecule has 1 aromatic rings. The van der Waals surface area contributed by atoms with E-state index in [1.807, 2.05) is 0 Å². The van der Waals surface area contributed by atoms with Crippen LogP contribution in [0.1, 0.15) is 43.0 Å². The van der Waals surface area contributed by atoms with E-state index >= 15 is 0 Å². The molecule has 1 aliphatic heterocycles. The number of fused-ring (bicyclic) bond motifs is 1. The molecule has 1 aromatic carbocycles. The van der Waals surface area contributed by atoms with Gasteiger partial charge in [-0.2, -0.15) is 0 Å². The molecular weight excluding hydrogens is 290 g/mol. The van der Waals surface area contributed by atoms with Gasteiger partial charge in [-0.05, 0) is 50.7 Å². The summed E-state index contributed by atoms with van der Waals surface area (Å²) in [5, 5.41) is 0.447. The molecular formula is C16H18ClNO3. The van der Waals surface area contributed by atoms with Crippen LogP contribution in [0, 0.1) is 5.92 Å². The lowest BCUT2D eigenvalue weighted by Crippen LogP contribution is -2.41. The molecule has 0 radical (unpaired) electrons. The molecule has 0 aromatic heterocycles.